The second-order valence-electron chi connectivity index (χ2n) is 8.83. The fourth-order valence-corrected chi connectivity index (χ4v) is 4.89. The molecule has 6 rings (SSSR count). The van der Waals surface area contributed by atoms with Crippen LogP contribution >= 0.6 is 11.5 Å². The van der Waals surface area contributed by atoms with Gasteiger partial charge in [-0.1, -0.05) is 30.3 Å². The number of aromatic nitrogens is 1. The standard InChI is InChI=1S/C26H20N2O6S/c29-24(30)26(10-11-26)20-13-17-12-18(33-23(17)34-20)8-9-19-21(22(35-28-19)16-6-7-16)27-25(31)32-14-15-4-2-1-3-5-15/h1-5,12-13,16H,6-7,10-11,14H2,(H,27,31)(H,29,30). The molecule has 35 heavy (non-hydrogen) atoms. The van der Waals surface area contributed by atoms with Crippen LogP contribution in [0.1, 0.15) is 59.3 Å². The topological polar surface area (TPSA) is 115 Å². The van der Waals surface area contributed by atoms with Crippen molar-refractivity contribution >= 4 is 40.4 Å². The molecule has 0 spiro atoms. The van der Waals surface area contributed by atoms with E-state index in [0.717, 1.165) is 23.3 Å². The van der Waals surface area contributed by atoms with Gasteiger partial charge in [0.05, 0.1) is 16.0 Å². The summed E-state index contributed by atoms with van der Waals surface area (Å²) < 4.78 is 21.2. The van der Waals surface area contributed by atoms with E-state index in [1.807, 2.05) is 30.3 Å². The first-order chi connectivity index (χ1) is 17.0. The second kappa shape index (κ2) is 8.32. The number of aliphatic carboxylic acids is 1. The summed E-state index contributed by atoms with van der Waals surface area (Å²) in [6, 6.07) is 12.9. The minimum Gasteiger partial charge on any atom is -0.480 e. The number of anilines is 1. The average molecular weight is 489 g/mol. The molecule has 8 nitrogen and oxygen atoms in total. The molecule has 2 aliphatic rings. The van der Waals surface area contributed by atoms with E-state index in [1.54, 1.807) is 12.1 Å². The van der Waals surface area contributed by atoms with Crippen LogP contribution in [0.5, 0.6) is 0 Å². The van der Waals surface area contributed by atoms with Crippen LogP contribution in [0.3, 0.4) is 0 Å². The molecule has 2 aliphatic carbocycles. The zero-order valence-electron chi connectivity index (χ0n) is 18.5. The number of fused-ring (bicyclic) bond motifs is 1. The number of rotatable bonds is 6. The monoisotopic (exact) mass is 488 g/mol. The smallest absolute Gasteiger partial charge is 0.412 e. The lowest BCUT2D eigenvalue weighted by Crippen LogP contribution is -2.18. The molecule has 2 N–H and O–H groups in total. The molecule has 0 unspecified atom stereocenters. The Labute approximate surface area is 204 Å². The van der Waals surface area contributed by atoms with Gasteiger partial charge in [0.15, 0.2) is 11.5 Å². The Morgan fingerprint density at radius 2 is 1.97 bits per heavy atom. The normalized spacial score (nSPS) is 15.9. The molecule has 1 amide bonds. The van der Waals surface area contributed by atoms with Gasteiger partial charge in [-0.25, -0.2) is 4.79 Å². The van der Waals surface area contributed by atoms with E-state index < -0.39 is 17.5 Å². The Hall–Kier alpha value is -4.03. The van der Waals surface area contributed by atoms with Crippen molar-refractivity contribution < 1.29 is 28.3 Å². The molecule has 9 heteroatoms. The molecule has 3 heterocycles. The van der Waals surface area contributed by atoms with Gasteiger partial charge in [0.2, 0.25) is 0 Å². The predicted octanol–water partition coefficient (Wildman–Crippen LogP) is 5.62. The van der Waals surface area contributed by atoms with Crippen LogP contribution in [-0.2, 0) is 21.6 Å². The highest BCUT2D eigenvalue weighted by Gasteiger charge is 2.54. The average Bonchev–Trinajstić information content (AvgIpc) is 3.75. The Balaban J connectivity index is 1.20. The number of nitrogens with one attached hydrogen (secondary N) is 1. The van der Waals surface area contributed by atoms with Crippen molar-refractivity contribution in [3.8, 4) is 11.8 Å². The predicted molar refractivity (Wildman–Crippen MR) is 127 cm³/mol. The van der Waals surface area contributed by atoms with Crippen molar-refractivity contribution in [2.75, 3.05) is 5.32 Å². The summed E-state index contributed by atoms with van der Waals surface area (Å²) >= 11 is 1.33. The molecule has 0 atom stereocenters. The molecule has 0 saturated heterocycles. The molecule has 1 aromatic carbocycles. The lowest BCUT2D eigenvalue weighted by molar-refractivity contribution is -0.140. The van der Waals surface area contributed by atoms with Crippen LogP contribution in [-0.4, -0.2) is 21.5 Å². The quantitative estimate of drug-likeness (QED) is 0.338. The van der Waals surface area contributed by atoms with E-state index in [1.165, 1.54) is 11.5 Å². The van der Waals surface area contributed by atoms with Crippen LogP contribution in [0, 0.1) is 11.8 Å². The van der Waals surface area contributed by atoms with E-state index in [9.17, 15) is 14.7 Å². The maximum Gasteiger partial charge on any atom is 0.412 e. The summed E-state index contributed by atoms with van der Waals surface area (Å²) in [4.78, 5) is 25.0. The summed E-state index contributed by atoms with van der Waals surface area (Å²) in [7, 11) is 0. The summed E-state index contributed by atoms with van der Waals surface area (Å²) in [5.41, 5.74) is 1.00. The van der Waals surface area contributed by atoms with Crippen LogP contribution in [0.15, 0.2) is 51.3 Å². The van der Waals surface area contributed by atoms with Crippen molar-refractivity contribution in [1.29, 1.82) is 0 Å². The maximum absolute atomic E-state index is 12.5. The molecule has 0 aliphatic heterocycles. The maximum atomic E-state index is 12.5. The molecule has 0 radical (unpaired) electrons. The zero-order valence-corrected chi connectivity index (χ0v) is 19.3. The minimum absolute atomic E-state index is 0.167. The van der Waals surface area contributed by atoms with Crippen molar-refractivity contribution in [2.24, 2.45) is 0 Å². The number of amides is 1. The molecule has 2 fully saturated rings. The number of ether oxygens (including phenoxy) is 1. The summed E-state index contributed by atoms with van der Waals surface area (Å²) in [6.45, 7) is 0.167. The summed E-state index contributed by atoms with van der Waals surface area (Å²) in [6.07, 6.45) is 2.66. The number of hydrogen-bond donors (Lipinski definition) is 2. The second-order valence-corrected chi connectivity index (χ2v) is 9.64. The largest absolute Gasteiger partial charge is 0.480 e. The SMILES string of the molecule is O=C(Nc1c(C#Cc2cc3cc(C4(C(=O)O)CC4)oc3o2)nsc1C1CC1)OCc1ccccc1. The molecule has 3 aromatic heterocycles. The molecular formula is C26H20N2O6S. The Bertz CT molecular complexity index is 1460. The number of carboxylic acids is 1. The first-order valence-corrected chi connectivity index (χ1v) is 12.1. The van der Waals surface area contributed by atoms with Gasteiger partial charge in [0.1, 0.15) is 17.8 Å². The number of benzene rings is 1. The van der Waals surface area contributed by atoms with Crippen LogP contribution < -0.4 is 5.32 Å². The lowest BCUT2D eigenvalue weighted by atomic mass is 10.0. The van der Waals surface area contributed by atoms with Crippen LogP contribution in [0.4, 0.5) is 10.5 Å². The first-order valence-electron chi connectivity index (χ1n) is 11.3. The number of carbonyl (C=O) groups is 2. The lowest BCUT2D eigenvalue weighted by Gasteiger charge is -2.07. The van der Waals surface area contributed by atoms with E-state index in [2.05, 4.69) is 21.5 Å². The fourth-order valence-electron chi connectivity index (χ4n) is 3.94. The molecule has 4 aromatic rings. The highest BCUT2D eigenvalue weighted by atomic mass is 32.1. The minimum atomic E-state index is -0.928. The van der Waals surface area contributed by atoms with Gasteiger partial charge in [-0.05, 0) is 66.6 Å². The van der Waals surface area contributed by atoms with Gasteiger partial charge < -0.3 is 18.7 Å². The number of furan rings is 2. The fraction of sp³-hybridized carbons (Fsp3) is 0.269. The zero-order chi connectivity index (χ0) is 24.0. The van der Waals surface area contributed by atoms with E-state index in [0.29, 0.717) is 47.0 Å². The molecule has 0 bridgehead atoms. The number of hydrogen-bond acceptors (Lipinski definition) is 7. The van der Waals surface area contributed by atoms with Gasteiger partial charge in [0.25, 0.3) is 5.78 Å². The van der Waals surface area contributed by atoms with Gasteiger partial charge >= 0.3 is 12.1 Å². The van der Waals surface area contributed by atoms with Crippen LogP contribution in [0.2, 0.25) is 0 Å². The third-order valence-corrected chi connectivity index (χ3v) is 7.26. The number of nitrogens with zero attached hydrogens (tertiary/aromatic N) is 1. The Morgan fingerprint density at radius 1 is 1.17 bits per heavy atom. The molecular weight excluding hydrogens is 468 g/mol. The number of carbonyl (C=O) groups excluding carboxylic acids is 1. The highest BCUT2D eigenvalue weighted by molar-refractivity contribution is 7.06. The van der Waals surface area contributed by atoms with Gasteiger partial charge in [-0.3, -0.25) is 10.1 Å². The van der Waals surface area contributed by atoms with Gasteiger partial charge in [-0.15, -0.1) is 0 Å². The van der Waals surface area contributed by atoms with Gasteiger partial charge in [0, 0.05) is 6.07 Å². The highest BCUT2D eigenvalue weighted by Crippen LogP contribution is 2.50. The van der Waals surface area contributed by atoms with Crippen molar-refractivity contribution in [3.05, 3.63) is 70.1 Å². The van der Waals surface area contributed by atoms with Crippen molar-refractivity contribution in [3.63, 3.8) is 0 Å². The first kappa shape index (κ1) is 21.5. The van der Waals surface area contributed by atoms with Gasteiger partial charge in [-0.2, -0.15) is 4.37 Å². The van der Waals surface area contributed by atoms with Crippen molar-refractivity contribution in [1.82, 2.24) is 4.37 Å². The van der Waals surface area contributed by atoms with E-state index in [-0.39, 0.29) is 12.4 Å². The van der Waals surface area contributed by atoms with E-state index >= 15 is 0 Å². The van der Waals surface area contributed by atoms with Crippen molar-refractivity contribution in [2.45, 2.75) is 43.6 Å². The third-order valence-electron chi connectivity index (χ3n) is 6.26. The Kier molecular flexibility index (Phi) is 5.11. The summed E-state index contributed by atoms with van der Waals surface area (Å²) in [5.74, 6) is 6.44. The van der Waals surface area contributed by atoms with Crippen LogP contribution in [0.25, 0.3) is 11.2 Å². The third kappa shape index (κ3) is 4.17. The summed E-state index contributed by atoms with van der Waals surface area (Å²) in [5, 5.41) is 12.9. The Morgan fingerprint density at radius 3 is 2.66 bits per heavy atom. The molecule has 176 valence electrons. The van der Waals surface area contributed by atoms with E-state index in [4.69, 9.17) is 13.6 Å². The number of carboxylic acid groups (broad SMARTS) is 1. The molecule has 2 saturated carbocycles.